The van der Waals surface area contributed by atoms with Gasteiger partial charge in [0.1, 0.15) is 5.51 Å². The summed E-state index contributed by atoms with van der Waals surface area (Å²) in [6.45, 7) is 2.01. The maximum Gasteiger partial charge on any atom is 0.230 e. The van der Waals surface area contributed by atoms with Gasteiger partial charge in [0.2, 0.25) is 11.0 Å². The highest BCUT2D eigenvalue weighted by molar-refractivity contribution is 7.13. The number of carbonyl (C=O) groups excluding carboxylic acids is 1. The molecular formula is C11H11N3OS. The molecule has 0 spiro atoms. The highest BCUT2D eigenvalue weighted by Gasteiger charge is 2.05. The van der Waals surface area contributed by atoms with Crippen molar-refractivity contribution in [2.24, 2.45) is 0 Å². The van der Waals surface area contributed by atoms with E-state index >= 15 is 0 Å². The van der Waals surface area contributed by atoms with Crippen LogP contribution >= 0.6 is 11.3 Å². The molecule has 5 heteroatoms. The first-order chi connectivity index (χ1) is 7.74. The van der Waals surface area contributed by atoms with E-state index in [1.807, 2.05) is 31.2 Å². The van der Waals surface area contributed by atoms with Crippen LogP contribution in [0.1, 0.15) is 11.1 Å². The van der Waals surface area contributed by atoms with Crippen LogP contribution in [0.4, 0.5) is 5.13 Å². The predicted octanol–water partition coefficient (Wildman–Crippen LogP) is 2.03. The molecule has 2 rings (SSSR count). The first-order valence-corrected chi connectivity index (χ1v) is 5.73. The van der Waals surface area contributed by atoms with Gasteiger partial charge in [0, 0.05) is 0 Å². The number of hydrogen-bond acceptors (Lipinski definition) is 4. The minimum absolute atomic E-state index is 0.0673. The monoisotopic (exact) mass is 233 g/mol. The number of aryl methyl sites for hydroxylation is 1. The van der Waals surface area contributed by atoms with E-state index < -0.39 is 0 Å². The topological polar surface area (TPSA) is 54.9 Å². The van der Waals surface area contributed by atoms with Gasteiger partial charge in [-0.2, -0.15) is 0 Å². The Morgan fingerprint density at radius 3 is 3.06 bits per heavy atom. The largest absolute Gasteiger partial charge is 0.300 e. The van der Waals surface area contributed by atoms with Crippen molar-refractivity contribution in [2.75, 3.05) is 5.32 Å². The minimum Gasteiger partial charge on any atom is -0.300 e. The van der Waals surface area contributed by atoms with Crippen molar-refractivity contribution in [3.05, 3.63) is 40.9 Å². The molecule has 1 N–H and O–H groups in total. The third kappa shape index (κ3) is 2.87. The summed E-state index contributed by atoms with van der Waals surface area (Å²) in [4.78, 5) is 11.6. The zero-order valence-electron chi connectivity index (χ0n) is 8.80. The molecule has 1 aromatic carbocycles. The summed E-state index contributed by atoms with van der Waals surface area (Å²) in [5.74, 6) is -0.0673. The SMILES string of the molecule is Cc1cccc(CC(=O)Nc2nncs2)c1. The molecule has 0 aliphatic rings. The standard InChI is InChI=1S/C11H11N3OS/c1-8-3-2-4-9(5-8)6-10(15)13-11-14-12-7-16-11/h2-5,7H,6H2,1H3,(H,13,14,15). The number of amides is 1. The molecule has 0 aliphatic heterocycles. The van der Waals surface area contributed by atoms with Gasteiger partial charge < -0.3 is 5.32 Å². The first-order valence-electron chi connectivity index (χ1n) is 4.85. The van der Waals surface area contributed by atoms with Crippen molar-refractivity contribution in [1.82, 2.24) is 10.2 Å². The van der Waals surface area contributed by atoms with Crippen molar-refractivity contribution in [3.8, 4) is 0 Å². The molecule has 0 saturated carbocycles. The van der Waals surface area contributed by atoms with Gasteiger partial charge in [0.15, 0.2) is 0 Å². The average molecular weight is 233 g/mol. The van der Waals surface area contributed by atoms with E-state index in [1.165, 1.54) is 11.3 Å². The van der Waals surface area contributed by atoms with Gasteiger partial charge in [0.05, 0.1) is 6.42 Å². The van der Waals surface area contributed by atoms with Crippen LogP contribution in [0, 0.1) is 6.92 Å². The summed E-state index contributed by atoms with van der Waals surface area (Å²) in [6.07, 6.45) is 0.362. The maximum atomic E-state index is 11.6. The number of hydrogen-bond donors (Lipinski definition) is 1. The van der Waals surface area contributed by atoms with E-state index in [4.69, 9.17) is 0 Å². The predicted molar refractivity (Wildman–Crippen MR) is 63.4 cm³/mol. The molecule has 0 fully saturated rings. The lowest BCUT2D eigenvalue weighted by Crippen LogP contribution is -2.14. The van der Waals surface area contributed by atoms with Crippen LogP contribution in [-0.2, 0) is 11.2 Å². The second-order valence-electron chi connectivity index (χ2n) is 3.46. The number of rotatable bonds is 3. The first kappa shape index (κ1) is 10.8. The minimum atomic E-state index is -0.0673. The Bertz CT molecular complexity index is 482. The lowest BCUT2D eigenvalue weighted by molar-refractivity contribution is -0.115. The van der Waals surface area contributed by atoms with Crippen molar-refractivity contribution in [3.63, 3.8) is 0 Å². The quantitative estimate of drug-likeness (QED) is 0.882. The third-order valence-electron chi connectivity index (χ3n) is 2.05. The van der Waals surface area contributed by atoms with Crippen LogP contribution in [0.3, 0.4) is 0 Å². The molecule has 0 bridgehead atoms. The zero-order valence-corrected chi connectivity index (χ0v) is 9.62. The van der Waals surface area contributed by atoms with Gasteiger partial charge in [-0.25, -0.2) is 0 Å². The Morgan fingerprint density at radius 2 is 2.38 bits per heavy atom. The van der Waals surface area contributed by atoms with Gasteiger partial charge in [-0.3, -0.25) is 4.79 Å². The molecule has 0 unspecified atom stereocenters. The van der Waals surface area contributed by atoms with Crippen LogP contribution in [0.25, 0.3) is 0 Å². The molecule has 0 radical (unpaired) electrons. The lowest BCUT2D eigenvalue weighted by Gasteiger charge is -2.02. The van der Waals surface area contributed by atoms with Crippen LogP contribution in [0.5, 0.6) is 0 Å². The molecule has 0 atom stereocenters. The summed E-state index contributed by atoms with van der Waals surface area (Å²) < 4.78 is 0. The second kappa shape index (κ2) is 4.85. The van der Waals surface area contributed by atoms with Crippen LogP contribution < -0.4 is 5.32 Å². The maximum absolute atomic E-state index is 11.6. The fraction of sp³-hybridized carbons (Fsp3) is 0.182. The Hall–Kier alpha value is -1.75. The normalized spacial score (nSPS) is 10.1. The van der Waals surface area contributed by atoms with Crippen LogP contribution in [-0.4, -0.2) is 16.1 Å². The van der Waals surface area contributed by atoms with Crippen LogP contribution in [0.15, 0.2) is 29.8 Å². The molecule has 2 aromatic rings. The van der Waals surface area contributed by atoms with E-state index in [-0.39, 0.29) is 5.91 Å². The van der Waals surface area contributed by atoms with Crippen molar-refractivity contribution in [1.29, 1.82) is 0 Å². The van der Waals surface area contributed by atoms with Gasteiger partial charge in [0.25, 0.3) is 0 Å². The third-order valence-corrected chi connectivity index (χ3v) is 2.66. The van der Waals surface area contributed by atoms with E-state index in [9.17, 15) is 4.79 Å². The molecular weight excluding hydrogens is 222 g/mol. The number of nitrogens with zero attached hydrogens (tertiary/aromatic N) is 2. The Kier molecular flexibility index (Phi) is 3.26. The lowest BCUT2D eigenvalue weighted by atomic mass is 10.1. The van der Waals surface area contributed by atoms with Gasteiger partial charge in [-0.1, -0.05) is 41.2 Å². The van der Waals surface area contributed by atoms with Crippen molar-refractivity contribution in [2.45, 2.75) is 13.3 Å². The average Bonchev–Trinajstić information content (AvgIpc) is 2.70. The van der Waals surface area contributed by atoms with E-state index in [0.29, 0.717) is 11.6 Å². The summed E-state index contributed by atoms with van der Waals surface area (Å²) in [7, 11) is 0. The summed E-state index contributed by atoms with van der Waals surface area (Å²) >= 11 is 1.31. The van der Waals surface area contributed by atoms with E-state index in [0.717, 1.165) is 11.1 Å². The summed E-state index contributed by atoms with van der Waals surface area (Å²) in [5.41, 5.74) is 3.74. The second-order valence-corrected chi connectivity index (χ2v) is 4.29. The van der Waals surface area contributed by atoms with E-state index in [1.54, 1.807) is 5.51 Å². The number of nitrogens with one attached hydrogen (secondary N) is 1. The summed E-state index contributed by atoms with van der Waals surface area (Å²) in [5, 5.41) is 10.6. The van der Waals surface area contributed by atoms with Gasteiger partial charge in [-0.05, 0) is 12.5 Å². The molecule has 1 amide bonds. The summed E-state index contributed by atoms with van der Waals surface area (Å²) in [6, 6.07) is 7.89. The van der Waals surface area contributed by atoms with Crippen molar-refractivity contribution < 1.29 is 4.79 Å². The fourth-order valence-electron chi connectivity index (χ4n) is 1.40. The smallest absolute Gasteiger partial charge is 0.230 e. The van der Waals surface area contributed by atoms with E-state index in [2.05, 4.69) is 15.5 Å². The molecule has 1 heterocycles. The number of benzene rings is 1. The van der Waals surface area contributed by atoms with Crippen LogP contribution in [0.2, 0.25) is 0 Å². The molecule has 4 nitrogen and oxygen atoms in total. The number of carbonyl (C=O) groups is 1. The molecule has 16 heavy (non-hydrogen) atoms. The molecule has 1 aromatic heterocycles. The highest BCUT2D eigenvalue weighted by Crippen LogP contribution is 2.10. The number of anilines is 1. The zero-order chi connectivity index (χ0) is 11.4. The van der Waals surface area contributed by atoms with Crippen molar-refractivity contribution >= 4 is 22.4 Å². The van der Waals surface area contributed by atoms with Gasteiger partial charge in [-0.15, -0.1) is 10.2 Å². The fourth-order valence-corrected chi connectivity index (χ4v) is 1.86. The Labute approximate surface area is 97.3 Å². The molecule has 0 saturated heterocycles. The highest BCUT2D eigenvalue weighted by atomic mass is 32.1. The Balaban J connectivity index is 1.97. The van der Waals surface area contributed by atoms with Gasteiger partial charge >= 0.3 is 0 Å². The molecule has 82 valence electrons. The number of aromatic nitrogens is 2. The Morgan fingerprint density at radius 1 is 1.50 bits per heavy atom. The molecule has 0 aliphatic carbocycles.